The summed E-state index contributed by atoms with van der Waals surface area (Å²) in [4.78, 5) is 23.7. The van der Waals surface area contributed by atoms with Crippen molar-refractivity contribution in [1.29, 1.82) is 0 Å². The number of hydrogen-bond donors (Lipinski definition) is 1. The lowest BCUT2D eigenvalue weighted by molar-refractivity contribution is -0.189. The zero-order valence-corrected chi connectivity index (χ0v) is 13.0. The van der Waals surface area contributed by atoms with Crippen LogP contribution in [0.15, 0.2) is 0 Å². The van der Waals surface area contributed by atoms with Gasteiger partial charge in [0.15, 0.2) is 0 Å². The van der Waals surface area contributed by atoms with Crippen LogP contribution in [0.1, 0.15) is 45.4 Å². The Morgan fingerprint density at radius 1 is 1.27 bits per heavy atom. The molecule has 2 aliphatic heterocycles. The van der Waals surface area contributed by atoms with Crippen molar-refractivity contribution in [2.75, 3.05) is 6.61 Å². The molecule has 0 bridgehead atoms. The summed E-state index contributed by atoms with van der Waals surface area (Å²) in [5, 5.41) is 10.5. The van der Waals surface area contributed by atoms with Crippen LogP contribution in [-0.2, 0) is 19.1 Å². The Kier molecular flexibility index (Phi) is 3.26. The number of esters is 2. The molecule has 122 valence electrons. The molecular formula is C17H24O5. The number of hydrogen-bond acceptors (Lipinski definition) is 5. The van der Waals surface area contributed by atoms with Crippen molar-refractivity contribution >= 4 is 11.9 Å². The van der Waals surface area contributed by atoms with Gasteiger partial charge in [0.2, 0.25) is 0 Å². The normalized spacial score (nSPS) is 51.0. The highest BCUT2D eigenvalue weighted by molar-refractivity contribution is 5.75. The Morgan fingerprint density at radius 3 is 2.82 bits per heavy atom. The summed E-state index contributed by atoms with van der Waals surface area (Å²) in [6.45, 7) is 2.34. The van der Waals surface area contributed by atoms with Gasteiger partial charge in [-0.15, -0.1) is 0 Å². The SMILES string of the molecule is C[C@@H]1C(=O)O[C@H]2C[C@@H]3[C@@H](O)CCC[C@@H]3[C@]3(CCC(=O)OC3)[C@H]21. The Bertz CT molecular complexity index is 491. The Labute approximate surface area is 130 Å². The number of carbonyl (C=O) groups is 2. The number of ether oxygens (including phenoxy) is 2. The number of cyclic esters (lactones) is 1. The summed E-state index contributed by atoms with van der Waals surface area (Å²) in [7, 11) is 0. The molecule has 2 aliphatic carbocycles. The fourth-order valence-corrected chi connectivity index (χ4v) is 5.90. The molecule has 0 unspecified atom stereocenters. The van der Waals surface area contributed by atoms with Gasteiger partial charge in [-0.3, -0.25) is 9.59 Å². The quantitative estimate of drug-likeness (QED) is 0.689. The summed E-state index contributed by atoms with van der Waals surface area (Å²) in [5.41, 5.74) is -0.186. The van der Waals surface area contributed by atoms with Gasteiger partial charge >= 0.3 is 11.9 Å². The van der Waals surface area contributed by atoms with Crippen LogP contribution >= 0.6 is 0 Å². The summed E-state index contributed by atoms with van der Waals surface area (Å²) < 4.78 is 11.1. The molecule has 7 atom stereocenters. The first-order chi connectivity index (χ1) is 10.5. The molecule has 1 spiro atoms. The van der Waals surface area contributed by atoms with Gasteiger partial charge in [-0.1, -0.05) is 13.3 Å². The van der Waals surface area contributed by atoms with Gasteiger partial charge in [0.1, 0.15) is 6.10 Å². The van der Waals surface area contributed by atoms with Crippen molar-refractivity contribution in [2.24, 2.45) is 29.1 Å². The van der Waals surface area contributed by atoms with E-state index in [9.17, 15) is 14.7 Å². The van der Waals surface area contributed by atoms with Gasteiger partial charge < -0.3 is 14.6 Å². The molecule has 1 N–H and O–H groups in total. The van der Waals surface area contributed by atoms with E-state index in [1.54, 1.807) is 0 Å². The third kappa shape index (κ3) is 1.87. The third-order valence-corrected chi connectivity index (χ3v) is 6.81. The van der Waals surface area contributed by atoms with Crippen LogP contribution in [0.25, 0.3) is 0 Å². The minimum atomic E-state index is -0.316. The second kappa shape index (κ2) is 4.95. The van der Waals surface area contributed by atoms with E-state index in [0.29, 0.717) is 18.9 Å². The lowest BCUT2D eigenvalue weighted by Crippen LogP contribution is -2.59. The molecule has 2 saturated carbocycles. The van der Waals surface area contributed by atoms with Gasteiger partial charge in [-0.2, -0.15) is 0 Å². The molecule has 4 fully saturated rings. The summed E-state index contributed by atoms with van der Waals surface area (Å²) in [6, 6.07) is 0. The highest BCUT2D eigenvalue weighted by atomic mass is 16.6. The summed E-state index contributed by atoms with van der Waals surface area (Å²) >= 11 is 0. The van der Waals surface area contributed by atoms with Crippen LogP contribution in [0.3, 0.4) is 0 Å². The first kappa shape index (κ1) is 14.5. The predicted octanol–water partition coefficient (Wildman–Crippen LogP) is 1.67. The van der Waals surface area contributed by atoms with Crippen molar-refractivity contribution in [3.05, 3.63) is 0 Å². The number of aliphatic hydroxyl groups excluding tert-OH is 1. The summed E-state index contributed by atoms with van der Waals surface area (Å²) in [6.07, 6.45) is 4.42. The maximum atomic E-state index is 12.1. The van der Waals surface area contributed by atoms with E-state index in [1.165, 1.54) is 0 Å². The number of carbonyl (C=O) groups excluding carboxylic acids is 2. The molecule has 2 saturated heterocycles. The first-order valence-electron chi connectivity index (χ1n) is 8.57. The zero-order valence-electron chi connectivity index (χ0n) is 13.0. The van der Waals surface area contributed by atoms with E-state index in [2.05, 4.69) is 0 Å². The average Bonchev–Trinajstić information content (AvgIpc) is 2.79. The van der Waals surface area contributed by atoms with E-state index in [4.69, 9.17) is 9.47 Å². The smallest absolute Gasteiger partial charge is 0.309 e. The van der Waals surface area contributed by atoms with Crippen LogP contribution in [0, 0.1) is 29.1 Å². The van der Waals surface area contributed by atoms with Gasteiger partial charge in [0, 0.05) is 17.8 Å². The van der Waals surface area contributed by atoms with Crippen LogP contribution < -0.4 is 0 Å². The zero-order chi connectivity index (χ0) is 15.5. The third-order valence-electron chi connectivity index (χ3n) is 6.81. The van der Waals surface area contributed by atoms with Crippen molar-refractivity contribution in [3.63, 3.8) is 0 Å². The van der Waals surface area contributed by atoms with Crippen LogP contribution in [0.5, 0.6) is 0 Å². The topological polar surface area (TPSA) is 72.8 Å². The fraction of sp³-hybridized carbons (Fsp3) is 0.882. The standard InChI is InChI=1S/C17H24O5/c1-9-15-13(22-16(9)20)7-10-11(3-2-4-12(10)18)17(15)6-5-14(19)21-8-17/h9-13,15,18H,2-8H2,1H3/t9-,10-,11-,12-,13-,15-,17+/m0/s1. The first-order valence-corrected chi connectivity index (χ1v) is 8.57. The number of aliphatic hydroxyl groups is 1. The van der Waals surface area contributed by atoms with Crippen LogP contribution in [0.4, 0.5) is 0 Å². The molecular weight excluding hydrogens is 284 g/mol. The van der Waals surface area contributed by atoms with Crippen molar-refractivity contribution < 1.29 is 24.2 Å². The number of rotatable bonds is 0. The highest BCUT2D eigenvalue weighted by Gasteiger charge is 2.64. The second-order valence-electron chi connectivity index (χ2n) is 7.69. The lowest BCUT2D eigenvalue weighted by atomic mass is 9.48. The molecule has 0 radical (unpaired) electrons. The minimum absolute atomic E-state index is 0.117. The minimum Gasteiger partial charge on any atom is -0.465 e. The molecule has 4 aliphatic rings. The van der Waals surface area contributed by atoms with Gasteiger partial charge in [0.25, 0.3) is 0 Å². The molecule has 5 heteroatoms. The van der Waals surface area contributed by atoms with E-state index >= 15 is 0 Å². The second-order valence-corrected chi connectivity index (χ2v) is 7.69. The molecule has 0 aromatic heterocycles. The molecule has 4 rings (SSSR count). The monoisotopic (exact) mass is 308 g/mol. The maximum absolute atomic E-state index is 12.1. The van der Waals surface area contributed by atoms with Crippen molar-refractivity contribution in [3.8, 4) is 0 Å². The average molecular weight is 308 g/mol. The van der Waals surface area contributed by atoms with E-state index in [0.717, 1.165) is 32.1 Å². The molecule has 5 nitrogen and oxygen atoms in total. The van der Waals surface area contributed by atoms with Crippen molar-refractivity contribution in [2.45, 2.75) is 57.7 Å². The maximum Gasteiger partial charge on any atom is 0.309 e. The van der Waals surface area contributed by atoms with Crippen LogP contribution in [0.2, 0.25) is 0 Å². The van der Waals surface area contributed by atoms with Crippen molar-refractivity contribution in [1.82, 2.24) is 0 Å². The molecule has 0 amide bonds. The van der Waals surface area contributed by atoms with E-state index in [-0.39, 0.29) is 47.3 Å². The lowest BCUT2D eigenvalue weighted by Gasteiger charge is -2.57. The Morgan fingerprint density at radius 2 is 2.09 bits per heavy atom. The van der Waals surface area contributed by atoms with E-state index in [1.807, 2.05) is 6.92 Å². The Balaban J connectivity index is 1.75. The van der Waals surface area contributed by atoms with Crippen LogP contribution in [-0.4, -0.2) is 35.9 Å². The highest BCUT2D eigenvalue weighted by Crippen LogP contribution is 2.61. The Hall–Kier alpha value is -1.10. The number of fused-ring (bicyclic) bond motifs is 4. The molecule has 2 heterocycles. The van der Waals surface area contributed by atoms with E-state index < -0.39 is 0 Å². The van der Waals surface area contributed by atoms with Gasteiger partial charge in [-0.05, 0) is 37.5 Å². The van der Waals surface area contributed by atoms with Gasteiger partial charge in [0.05, 0.1) is 18.6 Å². The summed E-state index contributed by atoms with van der Waals surface area (Å²) in [5.74, 6) is 0.229. The molecule has 0 aromatic rings. The predicted molar refractivity (Wildman–Crippen MR) is 76.6 cm³/mol. The molecule has 0 aromatic carbocycles. The molecule has 22 heavy (non-hydrogen) atoms. The largest absolute Gasteiger partial charge is 0.465 e. The van der Waals surface area contributed by atoms with Gasteiger partial charge in [-0.25, -0.2) is 0 Å². The fourth-order valence-electron chi connectivity index (χ4n) is 5.90.